The minimum absolute atomic E-state index is 1.21. The summed E-state index contributed by atoms with van der Waals surface area (Å²) in [5.41, 5.74) is 12.4. The van der Waals surface area contributed by atoms with E-state index in [2.05, 4.69) is 169 Å². The van der Waals surface area contributed by atoms with Crippen molar-refractivity contribution >= 4 is 75.1 Å². The maximum atomic E-state index is 2.47. The lowest BCUT2D eigenvalue weighted by Crippen LogP contribution is -1.95. The predicted octanol–water partition coefficient (Wildman–Crippen LogP) is 12.5. The second kappa shape index (κ2) is 9.93. The third-order valence-corrected chi connectivity index (χ3v) is 11.0. The van der Waals surface area contributed by atoms with Crippen molar-refractivity contribution in [1.29, 1.82) is 0 Å². The standard InChI is InChI=1S/C44H30N2S/c1-27-22-28(2)24-31(23-27)45-38-14-6-3-10-32(38)36-25-29(18-20-40(36)45)30-19-21-41-37(26-30)33-11-4-7-15-39(33)46(41)42-16-9-13-35-34-12-5-8-17-43(34)47-44(35)42/h3-26H,1-2H3. The van der Waals surface area contributed by atoms with Gasteiger partial charge >= 0.3 is 0 Å². The first-order valence-electron chi connectivity index (χ1n) is 16.2. The Morgan fingerprint density at radius 1 is 0.404 bits per heavy atom. The van der Waals surface area contributed by atoms with Gasteiger partial charge in [0.2, 0.25) is 0 Å². The van der Waals surface area contributed by atoms with E-state index in [-0.39, 0.29) is 0 Å². The van der Waals surface area contributed by atoms with Gasteiger partial charge in [0.1, 0.15) is 0 Å². The van der Waals surface area contributed by atoms with Crippen molar-refractivity contribution in [2.24, 2.45) is 0 Å². The second-order valence-electron chi connectivity index (χ2n) is 12.8. The monoisotopic (exact) mass is 618 g/mol. The molecular formula is C44H30N2S. The molecule has 2 nitrogen and oxygen atoms in total. The lowest BCUT2D eigenvalue weighted by Gasteiger charge is -2.11. The number of aromatic nitrogens is 2. The van der Waals surface area contributed by atoms with E-state index in [4.69, 9.17) is 0 Å². The summed E-state index contributed by atoms with van der Waals surface area (Å²) in [7, 11) is 0. The number of aryl methyl sites for hydroxylation is 2. The molecule has 0 radical (unpaired) electrons. The van der Waals surface area contributed by atoms with Gasteiger partial charge in [-0.1, -0.05) is 84.9 Å². The van der Waals surface area contributed by atoms with Crippen molar-refractivity contribution in [3.63, 3.8) is 0 Å². The van der Waals surface area contributed by atoms with Crippen LogP contribution in [0.3, 0.4) is 0 Å². The smallest absolute Gasteiger partial charge is 0.0640 e. The predicted molar refractivity (Wildman–Crippen MR) is 203 cm³/mol. The van der Waals surface area contributed by atoms with Crippen LogP contribution in [0.2, 0.25) is 0 Å². The molecule has 0 saturated carbocycles. The molecular weight excluding hydrogens is 589 g/mol. The van der Waals surface area contributed by atoms with Crippen molar-refractivity contribution in [3.05, 3.63) is 157 Å². The van der Waals surface area contributed by atoms with E-state index in [1.165, 1.54) is 97.4 Å². The zero-order chi connectivity index (χ0) is 31.2. The maximum Gasteiger partial charge on any atom is 0.0640 e. The molecule has 0 N–H and O–H groups in total. The number of rotatable bonds is 3. The Morgan fingerprint density at radius 3 is 1.62 bits per heavy atom. The molecule has 0 unspecified atom stereocenters. The number of thiophene rings is 1. The molecule has 0 bridgehead atoms. The highest BCUT2D eigenvalue weighted by Crippen LogP contribution is 2.42. The van der Waals surface area contributed by atoms with Gasteiger partial charge in [-0.25, -0.2) is 0 Å². The first-order valence-corrected chi connectivity index (χ1v) is 17.0. The molecule has 0 fully saturated rings. The third-order valence-electron chi connectivity index (χ3n) is 9.77. The Labute approximate surface area is 276 Å². The van der Waals surface area contributed by atoms with E-state index in [1.807, 2.05) is 11.3 Å². The normalized spacial score (nSPS) is 12.0. The van der Waals surface area contributed by atoms with E-state index < -0.39 is 0 Å². The first-order chi connectivity index (χ1) is 23.1. The first kappa shape index (κ1) is 26.6. The number of hydrogen-bond acceptors (Lipinski definition) is 1. The van der Waals surface area contributed by atoms with Crippen LogP contribution in [-0.2, 0) is 0 Å². The molecule has 0 aliphatic rings. The zero-order valence-corrected chi connectivity index (χ0v) is 27.0. The van der Waals surface area contributed by atoms with Gasteiger partial charge in [-0.2, -0.15) is 0 Å². The van der Waals surface area contributed by atoms with Crippen LogP contribution in [0.1, 0.15) is 11.1 Å². The molecule has 3 aromatic heterocycles. The molecule has 0 aliphatic carbocycles. The van der Waals surface area contributed by atoms with E-state index in [9.17, 15) is 0 Å². The number of para-hydroxylation sites is 2. The topological polar surface area (TPSA) is 9.86 Å². The number of benzene rings is 7. The molecule has 0 spiro atoms. The number of hydrogen-bond donors (Lipinski definition) is 0. The maximum absolute atomic E-state index is 2.47. The van der Waals surface area contributed by atoms with E-state index in [1.54, 1.807) is 0 Å². The van der Waals surface area contributed by atoms with Crippen LogP contribution in [0, 0.1) is 13.8 Å². The summed E-state index contributed by atoms with van der Waals surface area (Å²) >= 11 is 1.88. The largest absolute Gasteiger partial charge is 0.309 e. The molecule has 0 atom stereocenters. The number of nitrogens with zero attached hydrogens (tertiary/aromatic N) is 2. The summed E-state index contributed by atoms with van der Waals surface area (Å²) < 4.78 is 7.53. The van der Waals surface area contributed by atoms with Crippen LogP contribution in [-0.4, -0.2) is 9.13 Å². The van der Waals surface area contributed by atoms with Gasteiger partial charge < -0.3 is 9.13 Å². The average Bonchev–Trinajstić information content (AvgIpc) is 3.75. The van der Waals surface area contributed by atoms with Gasteiger partial charge in [-0.3, -0.25) is 0 Å². The van der Waals surface area contributed by atoms with Crippen molar-refractivity contribution in [2.45, 2.75) is 13.8 Å². The van der Waals surface area contributed by atoms with E-state index >= 15 is 0 Å². The fraction of sp³-hybridized carbons (Fsp3) is 0.0455. The molecule has 10 rings (SSSR count). The van der Waals surface area contributed by atoms with Crippen LogP contribution in [0.5, 0.6) is 0 Å². The van der Waals surface area contributed by atoms with Crippen LogP contribution < -0.4 is 0 Å². The molecule has 0 saturated heterocycles. The van der Waals surface area contributed by atoms with Gasteiger partial charge in [-0.15, -0.1) is 11.3 Å². The molecule has 3 heteroatoms. The summed E-state index contributed by atoms with van der Waals surface area (Å²) in [5, 5.41) is 7.74. The molecule has 10 aromatic rings. The van der Waals surface area contributed by atoms with Gasteiger partial charge in [-0.05, 0) is 96.8 Å². The zero-order valence-electron chi connectivity index (χ0n) is 26.2. The van der Waals surface area contributed by atoms with Crippen LogP contribution in [0.15, 0.2) is 146 Å². The van der Waals surface area contributed by atoms with Crippen LogP contribution in [0.25, 0.3) is 86.3 Å². The quantitative estimate of drug-likeness (QED) is 0.186. The Morgan fingerprint density at radius 2 is 0.936 bits per heavy atom. The van der Waals surface area contributed by atoms with Gasteiger partial charge in [0.15, 0.2) is 0 Å². The minimum atomic E-state index is 1.21. The molecule has 0 aliphatic heterocycles. The summed E-state index contributed by atoms with van der Waals surface area (Å²) in [6.45, 7) is 4.36. The van der Waals surface area contributed by atoms with Crippen molar-refractivity contribution < 1.29 is 0 Å². The van der Waals surface area contributed by atoms with E-state index in [0.29, 0.717) is 0 Å². The highest BCUT2D eigenvalue weighted by atomic mass is 32.1. The lowest BCUT2D eigenvalue weighted by atomic mass is 10.0. The van der Waals surface area contributed by atoms with Gasteiger partial charge in [0, 0.05) is 42.7 Å². The Kier molecular flexibility index (Phi) is 5.61. The molecule has 47 heavy (non-hydrogen) atoms. The van der Waals surface area contributed by atoms with Crippen molar-refractivity contribution in [3.8, 4) is 22.5 Å². The van der Waals surface area contributed by atoms with Gasteiger partial charge in [0.05, 0.1) is 32.5 Å². The second-order valence-corrected chi connectivity index (χ2v) is 13.8. The van der Waals surface area contributed by atoms with Crippen LogP contribution >= 0.6 is 11.3 Å². The van der Waals surface area contributed by atoms with Crippen molar-refractivity contribution in [2.75, 3.05) is 0 Å². The summed E-state index contributed by atoms with van der Waals surface area (Å²) in [6, 6.07) is 53.9. The SMILES string of the molecule is Cc1cc(C)cc(-n2c3ccccc3c3cc(-c4ccc5c(c4)c4ccccc4n5-c4cccc5c4sc4ccccc45)ccc32)c1. The summed E-state index contributed by atoms with van der Waals surface area (Å²) in [5.74, 6) is 0. The molecule has 3 heterocycles. The Hall–Kier alpha value is -5.64. The summed E-state index contributed by atoms with van der Waals surface area (Å²) in [4.78, 5) is 0. The lowest BCUT2D eigenvalue weighted by molar-refractivity contribution is 1.16. The highest BCUT2D eigenvalue weighted by molar-refractivity contribution is 7.26. The van der Waals surface area contributed by atoms with Gasteiger partial charge in [0.25, 0.3) is 0 Å². The molecule has 0 amide bonds. The highest BCUT2D eigenvalue weighted by Gasteiger charge is 2.18. The fourth-order valence-corrected chi connectivity index (χ4v) is 9.04. The fourth-order valence-electron chi connectivity index (χ4n) is 7.83. The Balaban J connectivity index is 1.19. The van der Waals surface area contributed by atoms with Crippen molar-refractivity contribution in [1.82, 2.24) is 9.13 Å². The summed E-state index contributed by atoms with van der Waals surface area (Å²) in [6.07, 6.45) is 0. The number of fused-ring (bicyclic) bond motifs is 9. The molecule has 7 aromatic carbocycles. The van der Waals surface area contributed by atoms with E-state index in [0.717, 1.165) is 0 Å². The third kappa shape index (κ3) is 3.90. The Bertz CT molecular complexity index is 2860. The van der Waals surface area contributed by atoms with Crippen LogP contribution in [0.4, 0.5) is 0 Å². The minimum Gasteiger partial charge on any atom is -0.309 e. The average molecular weight is 619 g/mol. The molecule has 222 valence electrons.